The Morgan fingerprint density at radius 2 is 2.29 bits per heavy atom. The summed E-state index contributed by atoms with van der Waals surface area (Å²) in [6.45, 7) is 5.67. The Kier molecular flexibility index (Phi) is 5.01. The maximum Gasteiger partial charge on any atom is 0.333 e. The number of anilines is 1. The number of ether oxygens (including phenoxy) is 1. The summed E-state index contributed by atoms with van der Waals surface area (Å²) < 4.78 is 5.43. The third-order valence-corrected chi connectivity index (χ3v) is 4.13. The number of nitro benzene ring substituents is 1. The lowest BCUT2D eigenvalue weighted by Gasteiger charge is -2.40. The molecular formula is C15H23N3O3. The predicted molar refractivity (Wildman–Crippen MR) is 82.9 cm³/mol. The Hall–Kier alpha value is -1.82. The molecule has 1 aliphatic rings. The third kappa shape index (κ3) is 3.10. The fourth-order valence-electron chi connectivity index (χ4n) is 3.11. The lowest BCUT2D eigenvalue weighted by atomic mass is 9.90. The molecule has 2 rings (SSSR count). The van der Waals surface area contributed by atoms with E-state index in [-0.39, 0.29) is 16.7 Å². The van der Waals surface area contributed by atoms with Gasteiger partial charge in [-0.2, -0.15) is 0 Å². The molecule has 2 atom stereocenters. The van der Waals surface area contributed by atoms with Gasteiger partial charge in [-0.1, -0.05) is 13.0 Å². The normalized spacial score (nSPS) is 22.1. The highest BCUT2D eigenvalue weighted by molar-refractivity contribution is 5.70. The highest BCUT2D eigenvalue weighted by Gasteiger charge is 2.33. The molecule has 116 valence electrons. The van der Waals surface area contributed by atoms with E-state index >= 15 is 0 Å². The molecule has 0 spiro atoms. The summed E-state index contributed by atoms with van der Waals surface area (Å²) >= 11 is 0. The van der Waals surface area contributed by atoms with Crippen LogP contribution in [-0.2, 0) is 0 Å². The molecule has 0 bridgehead atoms. The summed E-state index contributed by atoms with van der Waals surface area (Å²) in [5.74, 6) is 0.758. The summed E-state index contributed by atoms with van der Waals surface area (Å²) in [4.78, 5) is 13.2. The first-order valence-electron chi connectivity index (χ1n) is 7.47. The van der Waals surface area contributed by atoms with Crippen LogP contribution in [0.4, 0.5) is 11.4 Å². The molecule has 21 heavy (non-hydrogen) atoms. The van der Waals surface area contributed by atoms with Gasteiger partial charge in [0.2, 0.25) is 0 Å². The molecular weight excluding hydrogens is 270 g/mol. The molecule has 0 aromatic heterocycles. The highest BCUT2D eigenvalue weighted by Crippen LogP contribution is 2.40. The first-order valence-corrected chi connectivity index (χ1v) is 7.47. The Morgan fingerprint density at radius 1 is 1.52 bits per heavy atom. The van der Waals surface area contributed by atoms with Crippen LogP contribution in [0, 0.1) is 16.0 Å². The molecule has 0 radical (unpaired) electrons. The molecule has 0 saturated carbocycles. The zero-order valence-corrected chi connectivity index (χ0v) is 12.6. The van der Waals surface area contributed by atoms with Crippen LogP contribution in [0.2, 0.25) is 0 Å². The molecule has 0 amide bonds. The highest BCUT2D eigenvalue weighted by atomic mass is 16.6. The van der Waals surface area contributed by atoms with Crippen LogP contribution in [0.15, 0.2) is 18.2 Å². The van der Waals surface area contributed by atoms with Crippen molar-refractivity contribution in [3.05, 3.63) is 28.3 Å². The van der Waals surface area contributed by atoms with E-state index in [0.717, 1.165) is 19.4 Å². The van der Waals surface area contributed by atoms with Crippen LogP contribution in [0.1, 0.15) is 26.7 Å². The predicted octanol–water partition coefficient (Wildman–Crippen LogP) is 2.56. The van der Waals surface area contributed by atoms with Gasteiger partial charge in [-0.05, 0) is 37.8 Å². The Balaban J connectivity index is 2.46. The van der Waals surface area contributed by atoms with E-state index in [1.807, 2.05) is 6.92 Å². The zero-order chi connectivity index (χ0) is 15.4. The minimum absolute atomic E-state index is 0.0481. The first kappa shape index (κ1) is 15.6. The minimum Gasteiger partial charge on any atom is -0.487 e. The second-order valence-corrected chi connectivity index (χ2v) is 5.43. The third-order valence-electron chi connectivity index (χ3n) is 4.13. The van der Waals surface area contributed by atoms with E-state index in [4.69, 9.17) is 10.5 Å². The topological polar surface area (TPSA) is 81.6 Å². The second-order valence-electron chi connectivity index (χ2n) is 5.43. The molecule has 6 nitrogen and oxygen atoms in total. The number of hydrogen-bond acceptors (Lipinski definition) is 5. The molecule has 1 fully saturated rings. The molecule has 6 heteroatoms. The van der Waals surface area contributed by atoms with Crippen molar-refractivity contribution < 1.29 is 9.66 Å². The van der Waals surface area contributed by atoms with E-state index in [2.05, 4.69) is 11.8 Å². The molecule has 1 heterocycles. The molecule has 1 aliphatic heterocycles. The van der Waals surface area contributed by atoms with Gasteiger partial charge in [0.25, 0.3) is 0 Å². The van der Waals surface area contributed by atoms with Crippen LogP contribution >= 0.6 is 0 Å². The van der Waals surface area contributed by atoms with Crippen LogP contribution in [0.3, 0.4) is 0 Å². The largest absolute Gasteiger partial charge is 0.487 e. The van der Waals surface area contributed by atoms with Crippen LogP contribution in [-0.4, -0.2) is 30.7 Å². The molecule has 2 N–H and O–H groups in total. The van der Waals surface area contributed by atoms with Crippen molar-refractivity contribution in [2.75, 3.05) is 24.6 Å². The summed E-state index contributed by atoms with van der Waals surface area (Å²) in [5.41, 5.74) is 6.57. The standard InChI is InChI=1S/C15H23N3O3/c1-3-21-14-8-4-7-12(15(14)18(19)20)17-9-5-6-11(2)13(17)10-16/h4,7-8,11,13H,3,5-6,9-10,16H2,1-2H3. The van der Waals surface area contributed by atoms with Gasteiger partial charge in [0.15, 0.2) is 5.75 Å². The number of hydrogen-bond donors (Lipinski definition) is 1. The van der Waals surface area contributed by atoms with Gasteiger partial charge in [-0.15, -0.1) is 0 Å². The molecule has 0 aliphatic carbocycles. The number of nitrogens with zero attached hydrogens (tertiary/aromatic N) is 2. The van der Waals surface area contributed by atoms with Crippen LogP contribution in [0.25, 0.3) is 0 Å². The van der Waals surface area contributed by atoms with E-state index in [0.29, 0.717) is 30.5 Å². The van der Waals surface area contributed by atoms with E-state index in [1.54, 1.807) is 18.2 Å². The number of piperidine rings is 1. The Labute approximate surface area is 125 Å². The number of nitro groups is 1. The smallest absolute Gasteiger partial charge is 0.333 e. The summed E-state index contributed by atoms with van der Waals surface area (Å²) in [6.07, 6.45) is 2.13. The molecule has 1 aromatic carbocycles. The van der Waals surface area contributed by atoms with Crippen molar-refractivity contribution in [3.63, 3.8) is 0 Å². The van der Waals surface area contributed by atoms with Crippen molar-refractivity contribution in [1.29, 1.82) is 0 Å². The Bertz CT molecular complexity index is 507. The fourth-order valence-corrected chi connectivity index (χ4v) is 3.11. The minimum atomic E-state index is -0.354. The van der Waals surface area contributed by atoms with Gasteiger partial charge in [0, 0.05) is 19.1 Å². The van der Waals surface area contributed by atoms with Gasteiger partial charge in [0.1, 0.15) is 5.69 Å². The number of para-hydroxylation sites is 1. The van der Waals surface area contributed by atoms with Gasteiger partial charge < -0.3 is 15.4 Å². The number of nitrogens with two attached hydrogens (primary N) is 1. The maximum atomic E-state index is 11.5. The van der Waals surface area contributed by atoms with Crippen LogP contribution < -0.4 is 15.4 Å². The van der Waals surface area contributed by atoms with Gasteiger partial charge in [0.05, 0.1) is 11.5 Å². The average molecular weight is 293 g/mol. The molecule has 1 saturated heterocycles. The van der Waals surface area contributed by atoms with Crippen molar-refractivity contribution in [3.8, 4) is 5.75 Å². The van der Waals surface area contributed by atoms with Crippen LogP contribution in [0.5, 0.6) is 5.75 Å². The van der Waals surface area contributed by atoms with Gasteiger partial charge in [-0.25, -0.2) is 0 Å². The van der Waals surface area contributed by atoms with Crippen molar-refractivity contribution in [2.45, 2.75) is 32.7 Å². The number of benzene rings is 1. The van der Waals surface area contributed by atoms with Crippen molar-refractivity contribution >= 4 is 11.4 Å². The monoisotopic (exact) mass is 293 g/mol. The fraction of sp³-hybridized carbons (Fsp3) is 0.600. The molecule has 1 aromatic rings. The first-order chi connectivity index (χ1) is 10.1. The van der Waals surface area contributed by atoms with Gasteiger partial charge in [-0.3, -0.25) is 10.1 Å². The van der Waals surface area contributed by atoms with E-state index in [1.165, 1.54) is 0 Å². The lowest BCUT2D eigenvalue weighted by Crippen LogP contribution is -2.49. The molecule has 2 unspecified atom stereocenters. The van der Waals surface area contributed by atoms with Crippen molar-refractivity contribution in [1.82, 2.24) is 0 Å². The number of rotatable bonds is 5. The Morgan fingerprint density at radius 3 is 2.90 bits per heavy atom. The summed E-state index contributed by atoms with van der Waals surface area (Å²) in [5, 5.41) is 11.5. The average Bonchev–Trinajstić information content (AvgIpc) is 2.46. The maximum absolute atomic E-state index is 11.5. The lowest BCUT2D eigenvalue weighted by molar-refractivity contribution is -0.385. The second kappa shape index (κ2) is 6.76. The summed E-state index contributed by atoms with van der Waals surface area (Å²) in [7, 11) is 0. The quantitative estimate of drug-likeness (QED) is 0.666. The summed E-state index contributed by atoms with van der Waals surface area (Å²) in [6, 6.07) is 5.38. The van der Waals surface area contributed by atoms with Gasteiger partial charge >= 0.3 is 5.69 Å². The van der Waals surface area contributed by atoms with E-state index in [9.17, 15) is 10.1 Å². The van der Waals surface area contributed by atoms with E-state index < -0.39 is 0 Å². The van der Waals surface area contributed by atoms with Crippen molar-refractivity contribution in [2.24, 2.45) is 11.7 Å². The SMILES string of the molecule is CCOc1cccc(N2CCCC(C)C2CN)c1[N+](=O)[O-]. The zero-order valence-electron chi connectivity index (χ0n) is 12.6.